The van der Waals surface area contributed by atoms with Crippen LogP contribution >= 0.6 is 0 Å². The van der Waals surface area contributed by atoms with E-state index < -0.39 is 29.2 Å². The second-order valence-electron chi connectivity index (χ2n) is 4.98. The number of rotatable bonds is 11. The first-order valence-corrected chi connectivity index (χ1v) is 7.24. The molecule has 0 bridgehead atoms. The summed E-state index contributed by atoms with van der Waals surface area (Å²) in [5.41, 5.74) is 19.7. The number of carbonyl (C=O) groups is 4. The van der Waals surface area contributed by atoms with Crippen LogP contribution in [0.1, 0.15) is 0 Å². The summed E-state index contributed by atoms with van der Waals surface area (Å²) in [6.07, 6.45) is 0. The van der Waals surface area contributed by atoms with E-state index in [-0.39, 0.29) is 45.8 Å². The highest BCUT2D eigenvalue weighted by Gasteiger charge is 2.33. The molecule has 0 aromatic rings. The van der Waals surface area contributed by atoms with Crippen LogP contribution in [0, 0.1) is 0 Å². The van der Waals surface area contributed by atoms with Crippen LogP contribution < -0.4 is 44.2 Å². The molecule has 12 N–H and O–H groups in total. The van der Waals surface area contributed by atoms with Gasteiger partial charge in [0.15, 0.2) is 0 Å². The molecule has 24 heavy (non-hydrogen) atoms. The molecule has 0 rings (SSSR count). The highest BCUT2D eigenvalue weighted by Crippen LogP contribution is 2.02. The summed E-state index contributed by atoms with van der Waals surface area (Å²) in [5, 5.41) is 10.1. The normalized spacial score (nSPS) is 10.7. The maximum absolute atomic E-state index is 11.7. The predicted molar refractivity (Wildman–Crippen MR) is 86.1 cm³/mol. The van der Waals surface area contributed by atoms with Gasteiger partial charge in [0.05, 0.1) is 31.7 Å². The Balaban J connectivity index is 5.26. The molecule has 0 heterocycles. The summed E-state index contributed by atoms with van der Waals surface area (Å²) in [7, 11) is 0. The van der Waals surface area contributed by atoms with Crippen molar-refractivity contribution >= 4 is 23.6 Å². The molecule has 4 amide bonds. The quantitative estimate of drug-likeness (QED) is 0.179. The molecule has 0 spiro atoms. The van der Waals surface area contributed by atoms with Gasteiger partial charge in [0.1, 0.15) is 0 Å². The Labute approximate surface area is 139 Å². The number of carbonyl (C=O) groups excluding carboxylic acids is 4. The largest absolute Gasteiger partial charge is 0.353 e. The Morgan fingerprint density at radius 2 is 0.875 bits per heavy atom. The van der Waals surface area contributed by atoms with E-state index in [0.717, 1.165) is 0 Å². The second kappa shape index (κ2) is 11.3. The predicted octanol–water partition coefficient (Wildman–Crippen LogP) is -5.98. The third kappa shape index (κ3) is 8.38. The van der Waals surface area contributed by atoms with E-state index in [1.165, 1.54) is 0 Å². The lowest BCUT2D eigenvalue weighted by Gasteiger charge is -2.35. The fourth-order valence-corrected chi connectivity index (χ4v) is 1.69. The van der Waals surface area contributed by atoms with Crippen molar-refractivity contribution in [2.75, 3.05) is 45.8 Å². The molecule has 0 aliphatic heterocycles. The minimum absolute atomic E-state index is 0.107. The van der Waals surface area contributed by atoms with E-state index in [1.54, 1.807) is 0 Å². The van der Waals surface area contributed by atoms with Crippen molar-refractivity contribution < 1.29 is 19.2 Å². The maximum Gasteiger partial charge on any atom is 0.234 e. The van der Waals surface area contributed by atoms with Crippen LogP contribution in [0.2, 0.25) is 0 Å². The van der Waals surface area contributed by atoms with Gasteiger partial charge in [-0.25, -0.2) is 0 Å². The minimum atomic E-state index is -1.23. The fraction of sp³-hybridized carbons (Fsp3) is 0.667. The van der Waals surface area contributed by atoms with E-state index in [4.69, 9.17) is 22.9 Å². The lowest BCUT2D eigenvalue weighted by Crippen LogP contribution is -2.67. The van der Waals surface area contributed by atoms with Gasteiger partial charge < -0.3 is 44.2 Å². The van der Waals surface area contributed by atoms with Crippen molar-refractivity contribution in [3.05, 3.63) is 0 Å². The van der Waals surface area contributed by atoms with E-state index in [2.05, 4.69) is 21.3 Å². The molecule has 12 heteroatoms. The molecule has 0 aliphatic rings. The van der Waals surface area contributed by atoms with Gasteiger partial charge in [-0.05, 0) is 0 Å². The Bertz CT molecular complexity index is 406. The topological polar surface area (TPSA) is 220 Å². The first kappa shape index (κ1) is 21.7. The van der Waals surface area contributed by atoms with Crippen molar-refractivity contribution in [1.29, 1.82) is 0 Å². The Morgan fingerprint density at radius 3 is 1.12 bits per heavy atom. The van der Waals surface area contributed by atoms with Crippen molar-refractivity contribution in [2.24, 2.45) is 22.9 Å². The molecular weight excluding hydrogens is 320 g/mol. The lowest BCUT2D eigenvalue weighted by atomic mass is 9.98. The standard InChI is InChI=1S/C12H26N8O4/c13-1-8(21)17-5-12(20-11(24)4-16,6-18-9(22)2-14)7-19-10(23)3-15/h1-7,13-16H2,(H,17,21)(H,18,22)(H,19,23)(H,20,24). The van der Waals surface area contributed by atoms with Crippen LogP contribution in [0.15, 0.2) is 0 Å². The van der Waals surface area contributed by atoms with Gasteiger partial charge in [0, 0.05) is 19.6 Å². The molecule has 0 aromatic heterocycles. The van der Waals surface area contributed by atoms with Crippen LogP contribution in [0.25, 0.3) is 0 Å². The Morgan fingerprint density at radius 1 is 0.583 bits per heavy atom. The van der Waals surface area contributed by atoms with Gasteiger partial charge in [-0.15, -0.1) is 0 Å². The molecule has 138 valence electrons. The summed E-state index contributed by atoms with van der Waals surface area (Å²) in [4.78, 5) is 46.0. The van der Waals surface area contributed by atoms with E-state index in [9.17, 15) is 19.2 Å². The molecule has 0 saturated heterocycles. The van der Waals surface area contributed by atoms with E-state index in [0.29, 0.717) is 0 Å². The second-order valence-corrected chi connectivity index (χ2v) is 4.98. The summed E-state index contributed by atoms with van der Waals surface area (Å²) in [6.45, 7) is -1.41. The van der Waals surface area contributed by atoms with Crippen molar-refractivity contribution in [1.82, 2.24) is 21.3 Å². The summed E-state index contributed by atoms with van der Waals surface area (Å²) >= 11 is 0. The average Bonchev–Trinajstić information content (AvgIpc) is 2.61. The molecule has 12 nitrogen and oxygen atoms in total. The van der Waals surface area contributed by atoms with Gasteiger partial charge in [-0.3, -0.25) is 19.2 Å². The van der Waals surface area contributed by atoms with Gasteiger partial charge in [0.25, 0.3) is 0 Å². The van der Waals surface area contributed by atoms with Crippen LogP contribution in [0.4, 0.5) is 0 Å². The molecule has 0 unspecified atom stereocenters. The average molecular weight is 346 g/mol. The van der Waals surface area contributed by atoms with Gasteiger partial charge in [-0.2, -0.15) is 0 Å². The summed E-state index contributed by atoms with van der Waals surface area (Å²) in [5.74, 6) is -1.97. The van der Waals surface area contributed by atoms with Gasteiger partial charge >= 0.3 is 0 Å². The molecular formula is C12H26N8O4. The smallest absolute Gasteiger partial charge is 0.234 e. The SMILES string of the molecule is NCC(=O)NCC(CNC(=O)CN)(CNC(=O)CN)NC(=O)CN. The van der Waals surface area contributed by atoms with Crippen molar-refractivity contribution in [3.8, 4) is 0 Å². The highest BCUT2D eigenvalue weighted by molar-refractivity contribution is 5.81. The number of hydrogen-bond donors (Lipinski definition) is 8. The van der Waals surface area contributed by atoms with Crippen molar-refractivity contribution in [2.45, 2.75) is 5.54 Å². The summed E-state index contributed by atoms with van der Waals surface area (Å²) < 4.78 is 0. The first-order chi connectivity index (χ1) is 11.3. The molecule has 0 aromatic carbocycles. The zero-order valence-corrected chi connectivity index (χ0v) is 13.4. The van der Waals surface area contributed by atoms with E-state index in [1.807, 2.05) is 0 Å². The number of amides is 4. The number of nitrogens with one attached hydrogen (secondary N) is 4. The first-order valence-electron chi connectivity index (χ1n) is 7.24. The van der Waals surface area contributed by atoms with Crippen LogP contribution in [-0.4, -0.2) is 75.0 Å². The van der Waals surface area contributed by atoms with E-state index >= 15 is 0 Å². The zero-order chi connectivity index (χ0) is 18.6. The monoisotopic (exact) mass is 346 g/mol. The van der Waals surface area contributed by atoms with Gasteiger partial charge in [0.2, 0.25) is 23.6 Å². The minimum Gasteiger partial charge on any atom is -0.353 e. The maximum atomic E-state index is 11.7. The third-order valence-electron chi connectivity index (χ3n) is 3.02. The number of nitrogens with two attached hydrogens (primary N) is 4. The zero-order valence-electron chi connectivity index (χ0n) is 13.4. The van der Waals surface area contributed by atoms with Crippen molar-refractivity contribution in [3.63, 3.8) is 0 Å². The Hall–Kier alpha value is -2.28. The van der Waals surface area contributed by atoms with Gasteiger partial charge in [-0.1, -0.05) is 0 Å². The fourth-order valence-electron chi connectivity index (χ4n) is 1.69. The van der Waals surface area contributed by atoms with Crippen LogP contribution in [0.3, 0.4) is 0 Å². The molecule has 0 saturated carbocycles. The molecule has 0 radical (unpaired) electrons. The van der Waals surface area contributed by atoms with Crippen LogP contribution in [0.5, 0.6) is 0 Å². The molecule has 0 aliphatic carbocycles. The molecule has 0 atom stereocenters. The number of hydrogen-bond acceptors (Lipinski definition) is 8. The van der Waals surface area contributed by atoms with Crippen LogP contribution in [-0.2, 0) is 19.2 Å². The molecule has 0 fully saturated rings. The lowest BCUT2D eigenvalue weighted by molar-refractivity contribution is -0.125. The third-order valence-corrected chi connectivity index (χ3v) is 3.02. The highest BCUT2D eigenvalue weighted by atomic mass is 16.2. The Kier molecular flexibility index (Phi) is 10.2. The summed E-state index contributed by atoms with van der Waals surface area (Å²) in [6, 6.07) is 0.